The highest BCUT2D eigenvalue weighted by atomic mass is 32.1. The van der Waals surface area contributed by atoms with Crippen molar-refractivity contribution in [2.24, 2.45) is 28.9 Å². The Morgan fingerprint density at radius 2 is 1.11 bits per heavy atom. The first-order valence-corrected chi connectivity index (χ1v) is 24.1. The van der Waals surface area contributed by atoms with Crippen molar-refractivity contribution >= 4 is 77.7 Å². The summed E-state index contributed by atoms with van der Waals surface area (Å²) in [4.78, 5) is 151. The summed E-state index contributed by atoms with van der Waals surface area (Å²) in [5, 5.41) is 39.3. The Hall–Kier alpha value is -7.17. The number of carboxylic acids is 1. The number of carbonyl (C=O) groups excluding carboxylic acids is 10. The van der Waals surface area contributed by atoms with Crippen LogP contribution in [-0.4, -0.2) is 159 Å². The number of nitrogens with two attached hydrogens (primary N) is 4. The zero-order chi connectivity index (χ0) is 54.8. The number of nitrogens with one attached hydrogen (secondary N) is 9. The molecule has 28 heteroatoms. The minimum Gasteiger partial charge on any atom is -0.480 e. The molecule has 2 aromatic rings. The second-order valence-electron chi connectivity index (χ2n) is 17.4. The highest BCUT2D eigenvalue weighted by Gasteiger charge is 2.35. The van der Waals surface area contributed by atoms with E-state index in [9.17, 15) is 63.0 Å². The third-order valence-electron chi connectivity index (χ3n) is 11.1. The number of primary amides is 2. The first kappa shape index (κ1) is 61.9. The lowest BCUT2D eigenvalue weighted by atomic mass is 10.00. The second kappa shape index (κ2) is 32.0. The van der Waals surface area contributed by atoms with E-state index in [0.717, 1.165) is 0 Å². The molecule has 1 heterocycles. The summed E-state index contributed by atoms with van der Waals surface area (Å²) in [6, 6.07) is -4.26. The Balaban J connectivity index is 2.35. The smallest absolute Gasteiger partial charge is 0.326 e. The van der Waals surface area contributed by atoms with Gasteiger partial charge >= 0.3 is 5.97 Å². The van der Waals surface area contributed by atoms with Gasteiger partial charge in [0.25, 0.3) is 0 Å². The molecule has 404 valence electrons. The van der Waals surface area contributed by atoms with Gasteiger partial charge in [0.1, 0.15) is 48.3 Å². The summed E-state index contributed by atoms with van der Waals surface area (Å²) in [6.45, 7) is 3.83. The molecular formula is C45H70N14O13S. The first-order valence-electron chi connectivity index (χ1n) is 23.4. The number of unbranched alkanes of at least 4 members (excludes halogenated alkanes) is 1. The van der Waals surface area contributed by atoms with Gasteiger partial charge in [-0.1, -0.05) is 44.2 Å². The van der Waals surface area contributed by atoms with Crippen LogP contribution in [0.4, 0.5) is 0 Å². The van der Waals surface area contributed by atoms with Gasteiger partial charge in [0.05, 0.1) is 24.7 Å². The number of aromatic amines is 1. The monoisotopic (exact) mass is 1050 g/mol. The van der Waals surface area contributed by atoms with Crippen LogP contribution in [-0.2, 0) is 65.6 Å². The summed E-state index contributed by atoms with van der Waals surface area (Å²) in [5.74, 6) is -11.0. The molecular weight excluding hydrogens is 977 g/mol. The average molecular weight is 1050 g/mol. The number of aliphatic carboxylic acids is 1. The number of rotatable bonds is 34. The van der Waals surface area contributed by atoms with Crippen LogP contribution in [0.2, 0.25) is 0 Å². The molecule has 0 aliphatic rings. The molecule has 0 saturated carbocycles. The molecule has 0 aliphatic carbocycles. The van der Waals surface area contributed by atoms with E-state index in [-0.39, 0.29) is 56.5 Å². The van der Waals surface area contributed by atoms with Crippen molar-refractivity contribution in [3.63, 3.8) is 0 Å². The third kappa shape index (κ3) is 22.4. The number of hydrogen-bond donors (Lipinski definition) is 16. The normalized spacial score (nSPS) is 14.7. The lowest BCUT2D eigenvalue weighted by Gasteiger charge is -2.28. The van der Waals surface area contributed by atoms with Gasteiger partial charge in [0.2, 0.25) is 59.1 Å². The molecule has 27 nitrogen and oxygen atoms in total. The minimum absolute atomic E-state index is 0.0266. The SMILES string of the molecule is CC(C)[C@H](NC(=O)[C@H](C)NC(=O)[C@H](Cc1c[nH]cn1)NC(=O)[C@H](CCC(N)=O)NC(=O)[C@H](CCCCN)NC(=O)[C@H](CO)NC(=O)[C@@H](N)CS)C(=O)N[C@@H](Cc1ccccc1)C(=O)N[C@@H](CCC(N)=O)C(=O)O. The van der Waals surface area contributed by atoms with Crippen molar-refractivity contribution < 1.29 is 63.0 Å². The van der Waals surface area contributed by atoms with Crippen LogP contribution in [0.15, 0.2) is 42.9 Å². The van der Waals surface area contributed by atoms with Crippen LogP contribution in [0.1, 0.15) is 77.0 Å². The van der Waals surface area contributed by atoms with Crippen LogP contribution >= 0.6 is 12.6 Å². The van der Waals surface area contributed by atoms with E-state index in [4.69, 9.17) is 22.9 Å². The van der Waals surface area contributed by atoms with Crippen LogP contribution < -0.4 is 65.5 Å². The molecule has 0 radical (unpaired) electrons. The fraction of sp³-hybridized carbons (Fsp3) is 0.556. The lowest BCUT2D eigenvalue weighted by molar-refractivity contribution is -0.142. The number of aliphatic hydroxyl groups is 1. The molecule has 0 unspecified atom stereocenters. The van der Waals surface area contributed by atoms with Crippen molar-refractivity contribution in [1.29, 1.82) is 0 Å². The van der Waals surface area contributed by atoms with Crippen LogP contribution in [0.5, 0.6) is 0 Å². The summed E-state index contributed by atoms with van der Waals surface area (Å²) < 4.78 is 0. The van der Waals surface area contributed by atoms with Gasteiger partial charge in [-0.3, -0.25) is 47.9 Å². The largest absolute Gasteiger partial charge is 0.480 e. The Kier molecular flexibility index (Phi) is 27.2. The minimum atomic E-state index is -1.56. The number of H-pyrrole nitrogens is 1. The fourth-order valence-corrected chi connectivity index (χ4v) is 7.01. The van der Waals surface area contributed by atoms with Crippen molar-refractivity contribution in [2.45, 2.75) is 133 Å². The quantitative estimate of drug-likeness (QED) is 0.0230. The topological polar surface area (TPSA) is 457 Å². The van der Waals surface area contributed by atoms with E-state index in [1.54, 1.807) is 44.2 Å². The Labute approximate surface area is 426 Å². The van der Waals surface area contributed by atoms with E-state index in [0.29, 0.717) is 18.4 Å². The van der Waals surface area contributed by atoms with Gasteiger partial charge in [-0.15, -0.1) is 0 Å². The Morgan fingerprint density at radius 3 is 1.63 bits per heavy atom. The fourth-order valence-electron chi connectivity index (χ4n) is 6.84. The standard InChI is InChI=1S/C45H70N14O13S/c1-23(2)36(44(70)57-31(17-25-9-5-4-6-10-25)42(68)55-30(45(71)72)13-15-35(49)62)59-37(63)24(3)52-41(67)32(18-26-19-50-22-51-26)56-40(66)29(12-14-34(48)61)54-39(65)28(11-7-8-16-46)53-43(69)33(20-60)58-38(64)27(47)21-73/h4-6,9-10,19,22-24,27-33,36,60,73H,7-8,11-18,20-21,46-47H2,1-3H3,(H2,48,61)(H2,49,62)(H,50,51)(H,52,67)(H,53,69)(H,54,65)(H,55,68)(H,56,66)(H,57,70)(H,58,64)(H,59,63)(H,71,72)/t24-,27-,28-,29-,30-,31-,32-,33-,36-/m0/s1. The van der Waals surface area contributed by atoms with E-state index in [2.05, 4.69) is 65.1 Å². The maximum Gasteiger partial charge on any atom is 0.326 e. The van der Waals surface area contributed by atoms with Crippen molar-refractivity contribution in [3.05, 3.63) is 54.1 Å². The number of aliphatic hydroxyl groups excluding tert-OH is 1. The summed E-state index contributed by atoms with van der Waals surface area (Å²) in [7, 11) is 0. The highest BCUT2D eigenvalue weighted by molar-refractivity contribution is 7.80. The third-order valence-corrected chi connectivity index (χ3v) is 11.4. The van der Waals surface area contributed by atoms with Crippen LogP contribution in [0.25, 0.3) is 0 Å². The highest BCUT2D eigenvalue weighted by Crippen LogP contribution is 2.11. The molecule has 9 atom stereocenters. The number of imidazole rings is 1. The van der Waals surface area contributed by atoms with Gasteiger partial charge in [0, 0.05) is 37.6 Å². The Bertz CT molecular complexity index is 2190. The number of carboxylic acid groups (broad SMARTS) is 1. The number of hydrogen-bond acceptors (Lipinski definition) is 16. The summed E-state index contributed by atoms with van der Waals surface area (Å²) in [5.41, 5.74) is 22.7. The lowest BCUT2D eigenvalue weighted by Crippen LogP contribution is -2.61. The number of carbonyl (C=O) groups is 11. The van der Waals surface area contributed by atoms with Crippen LogP contribution in [0.3, 0.4) is 0 Å². The summed E-state index contributed by atoms with van der Waals surface area (Å²) >= 11 is 3.95. The van der Waals surface area contributed by atoms with E-state index < -0.39 is 138 Å². The van der Waals surface area contributed by atoms with Crippen molar-refractivity contribution in [2.75, 3.05) is 18.9 Å². The molecule has 0 saturated heterocycles. The van der Waals surface area contributed by atoms with Gasteiger partial charge in [-0.2, -0.15) is 12.6 Å². The van der Waals surface area contributed by atoms with E-state index >= 15 is 0 Å². The molecule has 0 bridgehead atoms. The predicted octanol–water partition coefficient (Wildman–Crippen LogP) is -5.26. The molecule has 1 aromatic carbocycles. The number of amides is 10. The van der Waals surface area contributed by atoms with Gasteiger partial charge in [-0.25, -0.2) is 9.78 Å². The van der Waals surface area contributed by atoms with E-state index in [1.807, 2.05) is 0 Å². The molecule has 73 heavy (non-hydrogen) atoms. The molecule has 0 fully saturated rings. The van der Waals surface area contributed by atoms with Crippen molar-refractivity contribution in [1.82, 2.24) is 52.5 Å². The average Bonchev–Trinajstić information content (AvgIpc) is 3.86. The zero-order valence-corrected chi connectivity index (χ0v) is 41.8. The maximum absolute atomic E-state index is 14.0. The van der Waals surface area contributed by atoms with Gasteiger partial charge in [0.15, 0.2) is 0 Å². The van der Waals surface area contributed by atoms with E-state index in [1.165, 1.54) is 19.4 Å². The summed E-state index contributed by atoms with van der Waals surface area (Å²) in [6.07, 6.45) is 1.56. The molecule has 0 spiro atoms. The predicted molar refractivity (Wildman–Crippen MR) is 265 cm³/mol. The number of aromatic nitrogens is 2. The number of nitrogens with zero attached hydrogens (tertiary/aromatic N) is 1. The number of thiol groups is 1. The molecule has 2 rings (SSSR count). The zero-order valence-electron chi connectivity index (χ0n) is 40.9. The first-order chi connectivity index (χ1) is 34.5. The Morgan fingerprint density at radius 1 is 0.616 bits per heavy atom. The number of benzene rings is 1. The maximum atomic E-state index is 14.0. The van der Waals surface area contributed by atoms with Gasteiger partial charge < -0.3 is 80.7 Å². The molecule has 19 N–H and O–H groups in total. The molecule has 1 aromatic heterocycles. The second-order valence-corrected chi connectivity index (χ2v) is 17.8. The molecule has 0 aliphatic heterocycles. The van der Waals surface area contributed by atoms with Crippen LogP contribution in [0, 0.1) is 5.92 Å². The van der Waals surface area contributed by atoms with Gasteiger partial charge in [-0.05, 0) is 57.1 Å². The molecule has 10 amide bonds. The van der Waals surface area contributed by atoms with Crippen molar-refractivity contribution in [3.8, 4) is 0 Å².